The predicted octanol–water partition coefficient (Wildman–Crippen LogP) is 1.76. The number of hydrogen-bond donors (Lipinski definition) is 1. The van der Waals surface area contributed by atoms with E-state index in [0.717, 1.165) is 22.9 Å². The van der Waals surface area contributed by atoms with E-state index in [2.05, 4.69) is 4.99 Å². The van der Waals surface area contributed by atoms with Gasteiger partial charge in [-0.2, -0.15) is 13.2 Å². The summed E-state index contributed by atoms with van der Waals surface area (Å²) in [5.74, 6) is 6.45. The van der Waals surface area contributed by atoms with Gasteiger partial charge >= 0.3 is 5.51 Å². The zero-order valence-electron chi connectivity index (χ0n) is 9.96. The molecule has 110 valence electrons. The molecule has 1 aromatic rings. The molecule has 1 aliphatic heterocycles. The minimum atomic E-state index is -5.38. The maximum absolute atomic E-state index is 12.5. The molecule has 0 saturated heterocycles. The molecule has 0 aromatic heterocycles. The number of anilines is 1. The summed E-state index contributed by atoms with van der Waals surface area (Å²) in [7, 11) is -5.38. The molecule has 1 heterocycles. The fourth-order valence-electron chi connectivity index (χ4n) is 1.51. The van der Waals surface area contributed by atoms with Crippen LogP contribution >= 0.6 is 11.8 Å². The van der Waals surface area contributed by atoms with Gasteiger partial charge in [-0.05, 0) is 18.2 Å². The van der Waals surface area contributed by atoms with E-state index in [0.29, 0.717) is 11.7 Å². The van der Waals surface area contributed by atoms with Crippen molar-refractivity contribution in [1.29, 1.82) is 0 Å². The van der Waals surface area contributed by atoms with Gasteiger partial charge < -0.3 is 0 Å². The Morgan fingerprint density at radius 3 is 2.60 bits per heavy atom. The predicted molar refractivity (Wildman–Crippen MR) is 71.1 cm³/mol. The van der Waals surface area contributed by atoms with E-state index < -0.39 is 20.2 Å². The molecule has 0 saturated carbocycles. The molecule has 0 amide bonds. The molecule has 10 heteroatoms. The Bertz CT molecular complexity index is 643. The average Bonchev–Trinajstić information content (AvgIpc) is 2.90. The van der Waals surface area contributed by atoms with Crippen LogP contribution < -0.4 is 10.9 Å². The van der Waals surface area contributed by atoms with Crippen molar-refractivity contribution in [3.63, 3.8) is 0 Å². The smallest absolute Gasteiger partial charge is 0.260 e. The van der Waals surface area contributed by atoms with Crippen molar-refractivity contribution in [3.8, 4) is 0 Å². The molecule has 0 spiro atoms. The molecule has 0 bridgehead atoms. The van der Waals surface area contributed by atoms with Crippen molar-refractivity contribution in [2.24, 2.45) is 10.8 Å². The van der Waals surface area contributed by atoms with Gasteiger partial charge in [-0.1, -0.05) is 17.8 Å². The number of sulfone groups is 1. The second-order valence-corrected chi connectivity index (χ2v) is 6.83. The van der Waals surface area contributed by atoms with Gasteiger partial charge in [-0.3, -0.25) is 10.0 Å². The minimum absolute atomic E-state index is 0.128. The van der Waals surface area contributed by atoms with Crippen molar-refractivity contribution < 1.29 is 21.6 Å². The summed E-state index contributed by atoms with van der Waals surface area (Å²) >= 11 is 1.34. The molecule has 5 nitrogen and oxygen atoms in total. The molecule has 0 aliphatic carbocycles. The second kappa shape index (κ2) is 5.26. The topological polar surface area (TPSA) is 75.8 Å². The largest absolute Gasteiger partial charge is 0.501 e. The van der Waals surface area contributed by atoms with Crippen LogP contribution in [0.1, 0.15) is 0 Å². The Labute approximate surface area is 117 Å². The lowest BCUT2D eigenvalue weighted by Gasteiger charge is -2.18. The number of halogens is 3. The zero-order valence-corrected chi connectivity index (χ0v) is 11.6. The van der Waals surface area contributed by atoms with Gasteiger partial charge in [0, 0.05) is 5.75 Å². The normalized spacial score (nSPS) is 16.1. The highest BCUT2D eigenvalue weighted by Crippen LogP contribution is 2.32. The van der Waals surface area contributed by atoms with E-state index in [1.165, 1.54) is 23.9 Å². The zero-order chi connectivity index (χ0) is 15.0. The van der Waals surface area contributed by atoms with Crippen molar-refractivity contribution in [2.75, 3.05) is 17.3 Å². The van der Waals surface area contributed by atoms with Gasteiger partial charge in [-0.15, -0.1) is 0 Å². The van der Waals surface area contributed by atoms with Crippen LogP contribution in [0.2, 0.25) is 0 Å². The number of amidine groups is 1. The van der Waals surface area contributed by atoms with Crippen LogP contribution in [0.3, 0.4) is 0 Å². The van der Waals surface area contributed by atoms with Crippen LogP contribution in [0.4, 0.5) is 18.9 Å². The number of nitrogens with two attached hydrogens (primary N) is 1. The third-order valence-electron chi connectivity index (χ3n) is 2.49. The Balaban J connectivity index is 2.38. The van der Waals surface area contributed by atoms with Crippen LogP contribution in [0.25, 0.3) is 0 Å². The maximum Gasteiger partial charge on any atom is 0.501 e. The number of aliphatic imine (C=N–C) groups is 1. The lowest BCUT2D eigenvalue weighted by atomic mass is 10.3. The average molecular weight is 325 g/mol. The molecule has 1 aromatic carbocycles. The fraction of sp³-hybridized carbons (Fsp3) is 0.300. The third kappa shape index (κ3) is 2.76. The van der Waals surface area contributed by atoms with Crippen LogP contribution in [0.5, 0.6) is 0 Å². The molecular weight excluding hydrogens is 315 g/mol. The standard InChI is InChI=1S/C10H10F3N3O2S2/c11-10(12,13)20(17,18)8-3-1-2-7(6-8)16(14)9-15-4-5-19-9/h1-3,6H,4-5,14H2. The van der Waals surface area contributed by atoms with Crippen LogP contribution in [0, 0.1) is 0 Å². The summed E-state index contributed by atoms with van der Waals surface area (Å²) in [4.78, 5) is 3.22. The first-order valence-corrected chi connectivity index (χ1v) is 7.84. The van der Waals surface area contributed by atoms with Gasteiger partial charge in [-0.25, -0.2) is 14.3 Å². The highest BCUT2D eigenvalue weighted by molar-refractivity contribution is 8.14. The Morgan fingerprint density at radius 1 is 1.35 bits per heavy atom. The molecule has 0 fully saturated rings. The molecule has 0 unspecified atom stereocenters. The first-order chi connectivity index (χ1) is 9.23. The number of rotatable bonds is 2. The Kier molecular flexibility index (Phi) is 3.98. The second-order valence-electron chi connectivity index (χ2n) is 3.83. The van der Waals surface area contributed by atoms with E-state index in [4.69, 9.17) is 5.84 Å². The minimum Gasteiger partial charge on any atom is -0.260 e. The summed E-state index contributed by atoms with van der Waals surface area (Å²) in [5, 5.41) is 1.51. The number of hydrogen-bond acceptors (Lipinski definition) is 6. The highest BCUT2D eigenvalue weighted by atomic mass is 32.2. The Hall–Kier alpha value is -1.26. The lowest BCUT2D eigenvalue weighted by molar-refractivity contribution is -0.0435. The molecule has 0 atom stereocenters. The monoisotopic (exact) mass is 325 g/mol. The van der Waals surface area contributed by atoms with Crippen molar-refractivity contribution in [3.05, 3.63) is 24.3 Å². The third-order valence-corrected chi connectivity index (χ3v) is 4.94. The van der Waals surface area contributed by atoms with E-state index in [-0.39, 0.29) is 5.69 Å². The molecule has 2 N–H and O–H groups in total. The fourth-order valence-corrected chi connectivity index (χ4v) is 3.11. The number of nitrogens with zero attached hydrogens (tertiary/aromatic N) is 2. The van der Waals surface area contributed by atoms with Crippen LogP contribution in [-0.2, 0) is 9.84 Å². The van der Waals surface area contributed by atoms with Crippen molar-refractivity contribution in [2.45, 2.75) is 10.4 Å². The molecule has 2 rings (SSSR count). The van der Waals surface area contributed by atoms with E-state index in [9.17, 15) is 21.6 Å². The van der Waals surface area contributed by atoms with Gasteiger partial charge in [0.2, 0.25) is 0 Å². The summed E-state index contributed by atoms with van der Waals surface area (Å²) in [6, 6.07) is 4.37. The van der Waals surface area contributed by atoms with Crippen LogP contribution in [-0.4, -0.2) is 31.4 Å². The van der Waals surface area contributed by atoms with E-state index >= 15 is 0 Å². The number of thioether (sulfide) groups is 1. The molecular formula is C10H10F3N3O2S2. The van der Waals surface area contributed by atoms with Gasteiger partial charge in [0.05, 0.1) is 17.1 Å². The summed E-state index contributed by atoms with van der Waals surface area (Å²) in [6.45, 7) is 0.564. The van der Waals surface area contributed by atoms with Crippen molar-refractivity contribution in [1.82, 2.24) is 0 Å². The quantitative estimate of drug-likeness (QED) is 0.662. The summed E-state index contributed by atoms with van der Waals surface area (Å²) < 4.78 is 60.1. The van der Waals surface area contributed by atoms with Gasteiger partial charge in [0.25, 0.3) is 9.84 Å². The van der Waals surface area contributed by atoms with Crippen molar-refractivity contribution >= 4 is 32.5 Å². The first-order valence-electron chi connectivity index (χ1n) is 5.37. The van der Waals surface area contributed by atoms with Crippen LogP contribution in [0.15, 0.2) is 34.2 Å². The van der Waals surface area contributed by atoms with Gasteiger partial charge in [0.1, 0.15) is 0 Å². The van der Waals surface area contributed by atoms with E-state index in [1.807, 2.05) is 0 Å². The first kappa shape index (κ1) is 15.1. The van der Waals surface area contributed by atoms with E-state index in [1.54, 1.807) is 0 Å². The molecule has 1 aliphatic rings. The number of alkyl halides is 3. The number of hydrazine groups is 1. The lowest BCUT2D eigenvalue weighted by Crippen LogP contribution is -2.35. The van der Waals surface area contributed by atoms with Gasteiger partial charge in [0.15, 0.2) is 5.17 Å². The highest BCUT2D eigenvalue weighted by Gasteiger charge is 2.47. The summed E-state index contributed by atoms with van der Waals surface area (Å²) in [5.41, 5.74) is -5.21. The SMILES string of the molecule is NN(C1=NCCS1)c1cccc(S(=O)(=O)C(F)(F)F)c1. The molecule has 20 heavy (non-hydrogen) atoms. The molecule has 0 radical (unpaired) electrons. The number of benzene rings is 1. The Morgan fingerprint density at radius 2 is 2.05 bits per heavy atom. The summed E-state index contributed by atoms with van der Waals surface area (Å²) in [6.07, 6.45) is 0. The maximum atomic E-state index is 12.5.